The Morgan fingerprint density at radius 1 is 0.300 bits per heavy atom. The van der Waals surface area contributed by atoms with Gasteiger partial charge in [-0.25, -0.2) is 9.13 Å². The molecule has 0 radical (unpaired) electrons. The molecular weight excluding hydrogens is 1310 g/mol. The Morgan fingerprint density at radius 2 is 0.560 bits per heavy atom. The molecule has 0 aromatic rings. The van der Waals surface area contributed by atoms with Gasteiger partial charge in [0.2, 0.25) is 0 Å². The van der Waals surface area contributed by atoms with Gasteiger partial charge in [0.25, 0.3) is 0 Å². The first-order valence-corrected chi connectivity index (χ1v) is 41.4. The summed E-state index contributed by atoms with van der Waals surface area (Å²) < 4.78 is 68.3. The number of unbranched alkanes of at least 4 members (excludes halogenated alkanes) is 24. The van der Waals surface area contributed by atoms with Crippen LogP contribution in [0.5, 0.6) is 0 Å². The minimum atomic E-state index is -5.00. The van der Waals surface area contributed by atoms with Gasteiger partial charge in [-0.1, -0.05) is 264 Å². The van der Waals surface area contributed by atoms with E-state index < -0.39 is 97.5 Å². The monoisotopic (exact) mass is 1440 g/mol. The van der Waals surface area contributed by atoms with Crippen molar-refractivity contribution in [2.75, 3.05) is 39.6 Å². The van der Waals surface area contributed by atoms with Crippen LogP contribution in [0.3, 0.4) is 0 Å². The third kappa shape index (κ3) is 71.6. The predicted octanol–water partition coefficient (Wildman–Crippen LogP) is 22.1. The van der Waals surface area contributed by atoms with Crippen molar-refractivity contribution in [3.63, 3.8) is 0 Å². The summed E-state index contributed by atoms with van der Waals surface area (Å²) >= 11 is 0. The van der Waals surface area contributed by atoms with Gasteiger partial charge in [-0.15, -0.1) is 0 Å². The van der Waals surface area contributed by atoms with Crippen molar-refractivity contribution in [1.29, 1.82) is 0 Å². The second kappa shape index (κ2) is 72.5. The fraction of sp³-hybridized carbons (Fsp3) is 0.679. The molecule has 5 atom stereocenters. The molecule has 3 N–H and O–H groups in total. The van der Waals surface area contributed by atoms with E-state index in [4.69, 9.17) is 37.0 Å². The van der Waals surface area contributed by atoms with Crippen LogP contribution >= 0.6 is 15.6 Å². The molecule has 5 unspecified atom stereocenters. The zero-order valence-electron chi connectivity index (χ0n) is 62.3. The van der Waals surface area contributed by atoms with Crippen molar-refractivity contribution < 1.29 is 80.2 Å². The van der Waals surface area contributed by atoms with Crippen molar-refractivity contribution in [2.24, 2.45) is 0 Å². The molecule has 0 aliphatic carbocycles. The quantitative estimate of drug-likeness (QED) is 0.0169. The number of phosphoric acid groups is 2. The highest BCUT2D eigenvalue weighted by Crippen LogP contribution is 2.45. The van der Waals surface area contributed by atoms with Crippen molar-refractivity contribution in [3.8, 4) is 0 Å². The summed E-state index contributed by atoms with van der Waals surface area (Å²) in [6.45, 7) is 4.45. The fourth-order valence-corrected chi connectivity index (χ4v) is 11.4. The van der Waals surface area contributed by atoms with Crippen LogP contribution < -0.4 is 0 Å². The van der Waals surface area contributed by atoms with E-state index in [1.807, 2.05) is 18.2 Å². The molecular formula is C81H136O17P2. The Bertz CT molecular complexity index is 2420. The van der Waals surface area contributed by atoms with Gasteiger partial charge in [0.15, 0.2) is 12.2 Å². The topological polar surface area (TPSA) is 237 Å². The zero-order chi connectivity index (χ0) is 73.2. The molecule has 100 heavy (non-hydrogen) atoms. The van der Waals surface area contributed by atoms with Gasteiger partial charge >= 0.3 is 39.5 Å². The average molecular weight is 1440 g/mol. The Morgan fingerprint density at radius 3 is 0.920 bits per heavy atom. The van der Waals surface area contributed by atoms with Gasteiger partial charge in [-0.2, -0.15) is 0 Å². The summed E-state index contributed by atoms with van der Waals surface area (Å²) in [5, 5.41) is 10.6. The van der Waals surface area contributed by atoms with E-state index in [1.165, 1.54) is 57.8 Å². The largest absolute Gasteiger partial charge is 0.472 e. The highest BCUT2D eigenvalue weighted by Gasteiger charge is 2.30. The molecule has 0 saturated heterocycles. The lowest BCUT2D eigenvalue weighted by atomic mass is 10.1. The van der Waals surface area contributed by atoms with E-state index in [9.17, 15) is 43.2 Å². The fourth-order valence-electron chi connectivity index (χ4n) is 9.80. The van der Waals surface area contributed by atoms with Crippen LogP contribution in [0.25, 0.3) is 0 Å². The van der Waals surface area contributed by atoms with Crippen LogP contribution in [0.2, 0.25) is 0 Å². The minimum Gasteiger partial charge on any atom is -0.462 e. The second-order valence-electron chi connectivity index (χ2n) is 25.2. The van der Waals surface area contributed by atoms with Crippen LogP contribution in [0.4, 0.5) is 0 Å². The van der Waals surface area contributed by atoms with E-state index in [0.717, 1.165) is 161 Å². The molecule has 0 aromatic carbocycles. The van der Waals surface area contributed by atoms with E-state index in [0.29, 0.717) is 25.7 Å². The summed E-state index contributed by atoms with van der Waals surface area (Å²) in [7, 11) is -9.99. The Kier molecular flexibility index (Phi) is 69.1. The van der Waals surface area contributed by atoms with Crippen LogP contribution in [0.1, 0.15) is 297 Å². The number of hydrogen-bond acceptors (Lipinski definition) is 15. The maximum atomic E-state index is 13.1. The molecule has 0 saturated carbocycles. The molecule has 0 bridgehead atoms. The molecule has 0 spiro atoms. The summed E-state index contributed by atoms with van der Waals surface area (Å²) in [5.41, 5.74) is 0. The predicted molar refractivity (Wildman–Crippen MR) is 408 cm³/mol. The molecule has 0 aliphatic rings. The summed E-state index contributed by atoms with van der Waals surface area (Å²) in [6.07, 6.45) is 80.4. The maximum Gasteiger partial charge on any atom is 0.472 e. The lowest BCUT2D eigenvalue weighted by Crippen LogP contribution is -2.30. The van der Waals surface area contributed by atoms with Gasteiger partial charge in [-0.05, 0) is 141 Å². The number of allylic oxidation sites excluding steroid dienone is 21. The van der Waals surface area contributed by atoms with Gasteiger partial charge in [0.05, 0.1) is 32.8 Å². The first-order chi connectivity index (χ1) is 48.7. The van der Waals surface area contributed by atoms with E-state index >= 15 is 0 Å². The number of aliphatic hydroxyl groups is 1. The standard InChI is InChI=1S/C81H136O17P2/c1-5-9-13-17-21-25-29-33-37-41-45-49-53-57-61-65-78(83)91-71-76(97-80(85)67-63-59-55-51-47-43-39-35-31-27-23-19-15-11-7-3)73-95-99(87,88)93-69-75(82)70-94-100(89,90)96-74-77(98-81(86)68-64-60-56-52-48-44-40-36-32-28-24-20-16-12-8-4)72-92-79(84)66-62-58-54-50-46-42-38-34-30-26-22-18-14-10-6-2/h9,11,13,15,21-23,25-27,33-40,45,49,57,61,75-77,82H,5-8,10,12,14,16-20,24,28-32,41-44,46-48,50-56,58-60,62-74H2,1-4H3,(H,87,88)(H,89,90)/b13-9-,15-11-,25-21-,26-22-,27-23-,37-33-,38-34-,39-35-,40-36-,49-45-,61-57-. The summed E-state index contributed by atoms with van der Waals surface area (Å²) in [5.74, 6) is -2.37. The number of hydrogen-bond donors (Lipinski definition) is 3. The smallest absolute Gasteiger partial charge is 0.462 e. The van der Waals surface area contributed by atoms with Crippen LogP contribution in [0.15, 0.2) is 134 Å². The number of esters is 4. The normalized spacial score (nSPS) is 14.7. The molecule has 19 heteroatoms. The number of carbonyl (C=O) groups is 4. The molecule has 0 fully saturated rings. The van der Waals surface area contributed by atoms with Gasteiger partial charge in [0.1, 0.15) is 19.3 Å². The van der Waals surface area contributed by atoms with Crippen molar-refractivity contribution in [1.82, 2.24) is 0 Å². The first kappa shape index (κ1) is 95.2. The Labute approximate surface area is 605 Å². The molecule has 0 rings (SSSR count). The van der Waals surface area contributed by atoms with E-state index in [-0.39, 0.29) is 25.7 Å². The van der Waals surface area contributed by atoms with Crippen molar-refractivity contribution >= 4 is 39.5 Å². The highest BCUT2D eigenvalue weighted by atomic mass is 31.2. The third-order valence-electron chi connectivity index (χ3n) is 15.6. The zero-order valence-corrected chi connectivity index (χ0v) is 64.1. The maximum absolute atomic E-state index is 13.1. The first-order valence-electron chi connectivity index (χ1n) is 38.4. The second-order valence-corrected chi connectivity index (χ2v) is 28.1. The van der Waals surface area contributed by atoms with Gasteiger partial charge in [-0.3, -0.25) is 37.3 Å². The highest BCUT2D eigenvalue weighted by molar-refractivity contribution is 7.47. The van der Waals surface area contributed by atoms with Crippen LogP contribution in [-0.4, -0.2) is 96.7 Å². The summed E-state index contributed by atoms with van der Waals surface area (Å²) in [4.78, 5) is 72.8. The molecule has 0 heterocycles. The summed E-state index contributed by atoms with van der Waals surface area (Å²) in [6, 6.07) is 0. The molecule has 17 nitrogen and oxygen atoms in total. The number of ether oxygens (including phenoxy) is 4. The number of rotatable bonds is 71. The van der Waals surface area contributed by atoms with Crippen LogP contribution in [-0.2, 0) is 65.4 Å². The van der Waals surface area contributed by atoms with E-state index in [2.05, 4.69) is 137 Å². The number of phosphoric ester groups is 2. The minimum absolute atomic E-state index is 0.0523. The number of carbonyl (C=O) groups excluding carboxylic acids is 4. The number of aliphatic hydroxyl groups excluding tert-OH is 1. The Hall–Kier alpha value is -4.80. The molecule has 0 aliphatic heterocycles. The van der Waals surface area contributed by atoms with E-state index in [1.54, 1.807) is 6.08 Å². The van der Waals surface area contributed by atoms with Gasteiger partial charge < -0.3 is 33.8 Å². The van der Waals surface area contributed by atoms with Crippen molar-refractivity contribution in [3.05, 3.63) is 134 Å². The molecule has 572 valence electrons. The Balaban J connectivity index is 5.46. The molecule has 0 aromatic heterocycles. The molecule has 0 amide bonds. The SMILES string of the molecule is CC/C=C\C/C=C\C/C=C\C/C=C\C/C=C\CC(=O)OCC(COP(=O)(O)OCC(O)COP(=O)(O)OCC(COC(=O)CCCCCCC/C=C\C/C=C\CCCCC)OC(=O)CCCCCCC/C=C\CCCCCCCC)OC(=O)CCCCCCC/C=C\C/C=C\C/C=C\CC. The van der Waals surface area contributed by atoms with Gasteiger partial charge in [0, 0.05) is 19.3 Å². The lowest BCUT2D eigenvalue weighted by Gasteiger charge is -2.21. The van der Waals surface area contributed by atoms with Crippen molar-refractivity contribution in [2.45, 2.75) is 316 Å². The third-order valence-corrected chi connectivity index (χ3v) is 17.5. The van der Waals surface area contributed by atoms with Crippen LogP contribution in [0, 0.1) is 0 Å². The lowest BCUT2D eigenvalue weighted by molar-refractivity contribution is -0.161. The average Bonchev–Trinajstić information content (AvgIpc) is 1.01.